The number of carbonyl (C=O) groups is 2. The molecule has 0 spiro atoms. The summed E-state index contributed by atoms with van der Waals surface area (Å²) in [6.45, 7) is 3.18. The van der Waals surface area contributed by atoms with Crippen LogP contribution in [0.3, 0.4) is 0 Å². The van der Waals surface area contributed by atoms with Gasteiger partial charge in [0, 0.05) is 17.6 Å². The van der Waals surface area contributed by atoms with Crippen molar-refractivity contribution < 1.29 is 14.7 Å². The summed E-state index contributed by atoms with van der Waals surface area (Å²) < 4.78 is 0.715. The van der Waals surface area contributed by atoms with Gasteiger partial charge in [-0.15, -0.1) is 0 Å². The van der Waals surface area contributed by atoms with E-state index < -0.39 is 5.97 Å². The Morgan fingerprint density at radius 2 is 2.15 bits per heavy atom. The molecule has 0 bridgehead atoms. The zero-order valence-electron chi connectivity index (χ0n) is 11.0. The molecule has 0 aromatic heterocycles. The summed E-state index contributed by atoms with van der Waals surface area (Å²) >= 11 is 3.27. The first-order chi connectivity index (χ1) is 9.47. The highest BCUT2D eigenvalue weighted by Crippen LogP contribution is 2.22. The zero-order valence-corrected chi connectivity index (χ0v) is 12.6. The molecule has 0 saturated carbocycles. The molecule has 106 valence electrons. The molecule has 0 unspecified atom stereocenters. The lowest BCUT2D eigenvalue weighted by molar-refractivity contribution is 0.0698. The number of halogens is 1. The molecule has 2 rings (SSSR count). The SMILES string of the molecule is CC1=CCCN(C(=O)Nc2cc(Br)ccc2C(=O)O)C1. The van der Waals surface area contributed by atoms with Crippen LogP contribution in [-0.4, -0.2) is 35.1 Å². The topological polar surface area (TPSA) is 69.6 Å². The first-order valence-corrected chi connectivity index (χ1v) is 7.01. The van der Waals surface area contributed by atoms with Gasteiger partial charge in [-0.05, 0) is 31.5 Å². The maximum atomic E-state index is 12.2. The van der Waals surface area contributed by atoms with Gasteiger partial charge in [-0.25, -0.2) is 9.59 Å². The molecule has 0 radical (unpaired) electrons. The van der Waals surface area contributed by atoms with Crippen molar-refractivity contribution in [1.82, 2.24) is 4.90 Å². The lowest BCUT2D eigenvalue weighted by Crippen LogP contribution is -2.38. The number of urea groups is 1. The van der Waals surface area contributed by atoms with Gasteiger partial charge in [-0.3, -0.25) is 0 Å². The Kier molecular flexibility index (Phi) is 4.44. The molecule has 1 heterocycles. The number of carboxylic acids is 1. The molecule has 1 aromatic carbocycles. The van der Waals surface area contributed by atoms with Crippen LogP contribution in [0.1, 0.15) is 23.7 Å². The molecule has 0 aliphatic carbocycles. The van der Waals surface area contributed by atoms with Crippen LogP contribution in [0.2, 0.25) is 0 Å². The fourth-order valence-electron chi connectivity index (χ4n) is 2.09. The second kappa shape index (κ2) is 6.09. The maximum Gasteiger partial charge on any atom is 0.337 e. The number of amides is 2. The highest BCUT2D eigenvalue weighted by Gasteiger charge is 2.19. The third-order valence-corrected chi connectivity index (χ3v) is 3.57. The van der Waals surface area contributed by atoms with Gasteiger partial charge in [0.15, 0.2) is 0 Å². The van der Waals surface area contributed by atoms with Crippen LogP contribution >= 0.6 is 15.9 Å². The lowest BCUT2D eigenvalue weighted by atomic mass is 10.1. The van der Waals surface area contributed by atoms with E-state index >= 15 is 0 Å². The molecule has 6 heteroatoms. The van der Waals surface area contributed by atoms with E-state index in [4.69, 9.17) is 5.11 Å². The van der Waals surface area contributed by atoms with Gasteiger partial charge in [0.1, 0.15) is 0 Å². The average molecular weight is 339 g/mol. The van der Waals surface area contributed by atoms with Gasteiger partial charge in [0.2, 0.25) is 0 Å². The Morgan fingerprint density at radius 1 is 1.40 bits per heavy atom. The molecule has 0 fully saturated rings. The Labute approximate surface area is 125 Å². The third-order valence-electron chi connectivity index (χ3n) is 3.07. The van der Waals surface area contributed by atoms with E-state index in [0.717, 1.165) is 12.0 Å². The fraction of sp³-hybridized carbons (Fsp3) is 0.286. The standard InChI is InChI=1S/C14H15BrN2O3/c1-9-3-2-6-17(8-9)14(20)16-12-7-10(15)4-5-11(12)13(18)19/h3-5,7H,2,6,8H2,1H3,(H,16,20)(H,18,19). The van der Waals surface area contributed by atoms with Crippen LogP contribution in [0, 0.1) is 0 Å². The minimum absolute atomic E-state index is 0.0748. The molecule has 1 aliphatic heterocycles. The molecule has 2 amide bonds. The third kappa shape index (κ3) is 3.39. The van der Waals surface area contributed by atoms with Crippen molar-refractivity contribution in [1.29, 1.82) is 0 Å². The van der Waals surface area contributed by atoms with E-state index in [1.54, 1.807) is 17.0 Å². The molecule has 0 saturated heterocycles. The van der Waals surface area contributed by atoms with Gasteiger partial charge >= 0.3 is 12.0 Å². The summed E-state index contributed by atoms with van der Waals surface area (Å²) in [6, 6.07) is 4.41. The molecule has 2 N–H and O–H groups in total. The second-order valence-corrected chi connectivity index (χ2v) is 5.60. The summed E-state index contributed by atoms with van der Waals surface area (Å²) in [5, 5.41) is 11.8. The predicted octanol–water partition coefficient (Wildman–Crippen LogP) is 3.33. The Hall–Kier alpha value is -1.82. The summed E-state index contributed by atoms with van der Waals surface area (Å²) in [6.07, 6.45) is 2.93. The van der Waals surface area contributed by atoms with Crippen LogP contribution in [-0.2, 0) is 0 Å². The molecule has 1 aromatic rings. The van der Waals surface area contributed by atoms with Crippen LogP contribution in [0.15, 0.2) is 34.3 Å². The predicted molar refractivity (Wildman–Crippen MR) is 80.1 cm³/mol. The molecular weight excluding hydrogens is 324 g/mol. The Morgan fingerprint density at radius 3 is 2.80 bits per heavy atom. The first-order valence-electron chi connectivity index (χ1n) is 6.22. The van der Waals surface area contributed by atoms with Crippen LogP contribution in [0.5, 0.6) is 0 Å². The monoisotopic (exact) mass is 338 g/mol. The number of hydrogen-bond acceptors (Lipinski definition) is 2. The maximum absolute atomic E-state index is 12.2. The van der Waals surface area contributed by atoms with E-state index in [1.807, 2.05) is 6.92 Å². The zero-order chi connectivity index (χ0) is 14.7. The van der Waals surface area contributed by atoms with Gasteiger partial charge < -0.3 is 15.3 Å². The van der Waals surface area contributed by atoms with Gasteiger partial charge in [-0.1, -0.05) is 27.6 Å². The van der Waals surface area contributed by atoms with Crippen molar-refractivity contribution in [3.05, 3.63) is 39.9 Å². The van der Waals surface area contributed by atoms with Gasteiger partial charge in [-0.2, -0.15) is 0 Å². The minimum Gasteiger partial charge on any atom is -0.478 e. The normalized spacial score (nSPS) is 14.7. The number of nitrogens with one attached hydrogen (secondary N) is 1. The van der Waals surface area contributed by atoms with Gasteiger partial charge in [0.05, 0.1) is 11.3 Å². The van der Waals surface area contributed by atoms with Crippen molar-refractivity contribution in [3.8, 4) is 0 Å². The van der Waals surface area contributed by atoms with Crippen LogP contribution in [0.25, 0.3) is 0 Å². The van der Waals surface area contributed by atoms with Crippen molar-refractivity contribution >= 4 is 33.6 Å². The number of benzene rings is 1. The molecule has 1 aliphatic rings. The molecule has 0 atom stereocenters. The summed E-state index contributed by atoms with van der Waals surface area (Å²) in [5.41, 5.74) is 1.51. The van der Waals surface area contributed by atoms with Crippen molar-refractivity contribution in [2.75, 3.05) is 18.4 Å². The quantitative estimate of drug-likeness (QED) is 0.812. The fourth-order valence-corrected chi connectivity index (χ4v) is 2.45. The number of hydrogen-bond donors (Lipinski definition) is 2. The number of nitrogens with zero attached hydrogens (tertiary/aromatic N) is 1. The number of anilines is 1. The minimum atomic E-state index is -1.07. The van der Waals surface area contributed by atoms with E-state index in [9.17, 15) is 9.59 Å². The van der Waals surface area contributed by atoms with Crippen LogP contribution < -0.4 is 5.32 Å². The second-order valence-electron chi connectivity index (χ2n) is 4.69. The number of aromatic carboxylic acids is 1. The smallest absolute Gasteiger partial charge is 0.337 e. The Bertz CT molecular complexity index is 584. The van der Waals surface area contributed by atoms with E-state index in [1.165, 1.54) is 6.07 Å². The highest BCUT2D eigenvalue weighted by molar-refractivity contribution is 9.10. The molecular formula is C14H15BrN2O3. The largest absolute Gasteiger partial charge is 0.478 e. The van der Waals surface area contributed by atoms with Crippen molar-refractivity contribution in [2.45, 2.75) is 13.3 Å². The van der Waals surface area contributed by atoms with E-state index in [-0.39, 0.29) is 11.6 Å². The van der Waals surface area contributed by atoms with Crippen molar-refractivity contribution in [3.63, 3.8) is 0 Å². The van der Waals surface area contributed by atoms with Crippen molar-refractivity contribution in [2.24, 2.45) is 0 Å². The summed E-state index contributed by atoms with van der Waals surface area (Å²) in [7, 11) is 0. The Balaban J connectivity index is 2.17. The highest BCUT2D eigenvalue weighted by atomic mass is 79.9. The van der Waals surface area contributed by atoms with E-state index in [0.29, 0.717) is 23.2 Å². The molecule has 5 nitrogen and oxygen atoms in total. The molecule has 20 heavy (non-hydrogen) atoms. The van der Waals surface area contributed by atoms with Gasteiger partial charge in [0.25, 0.3) is 0 Å². The average Bonchev–Trinajstić information content (AvgIpc) is 2.38. The summed E-state index contributed by atoms with van der Waals surface area (Å²) in [5.74, 6) is -1.07. The number of carboxylic acid groups (broad SMARTS) is 1. The summed E-state index contributed by atoms with van der Waals surface area (Å²) in [4.78, 5) is 25.0. The lowest BCUT2D eigenvalue weighted by Gasteiger charge is -2.26. The van der Waals surface area contributed by atoms with Crippen LogP contribution in [0.4, 0.5) is 10.5 Å². The number of rotatable bonds is 2. The van der Waals surface area contributed by atoms with E-state index in [2.05, 4.69) is 27.3 Å². The first kappa shape index (κ1) is 14.6. The number of carbonyl (C=O) groups excluding carboxylic acids is 1.